The SMILES string of the molecule is Cc1noc(/C(=C\c2cccc(-c3cc(C(C)C)cc4cccnc34)c2)c2ccccn2)n1. The Kier molecular flexibility index (Phi) is 5.53. The number of fused-ring (bicyclic) bond motifs is 1. The fraction of sp³-hybridized carbons (Fsp3) is 0.143. The lowest BCUT2D eigenvalue weighted by Gasteiger charge is -2.13. The van der Waals surface area contributed by atoms with E-state index in [0.717, 1.165) is 38.9 Å². The van der Waals surface area contributed by atoms with Crippen LogP contribution in [0.5, 0.6) is 0 Å². The van der Waals surface area contributed by atoms with Crippen molar-refractivity contribution in [2.45, 2.75) is 26.7 Å². The molecule has 0 unspecified atom stereocenters. The molecule has 5 rings (SSSR count). The Labute approximate surface area is 192 Å². The van der Waals surface area contributed by atoms with E-state index in [4.69, 9.17) is 4.52 Å². The van der Waals surface area contributed by atoms with E-state index in [1.165, 1.54) is 5.56 Å². The van der Waals surface area contributed by atoms with Gasteiger partial charge >= 0.3 is 0 Å². The predicted molar refractivity (Wildman–Crippen MR) is 132 cm³/mol. The standard InChI is InChI=1S/C28H24N4O/c1-18(2)23-16-22-10-7-13-30-27(22)24(17-23)21-9-6-8-20(14-21)15-25(26-11-4-5-12-29-26)28-31-19(3)32-33-28/h4-18H,1-3H3/b25-15-. The maximum absolute atomic E-state index is 5.49. The lowest BCUT2D eigenvalue weighted by atomic mass is 9.93. The van der Waals surface area contributed by atoms with Crippen molar-refractivity contribution in [2.24, 2.45) is 0 Å². The van der Waals surface area contributed by atoms with Gasteiger partial charge in [-0.25, -0.2) is 0 Å². The van der Waals surface area contributed by atoms with E-state index < -0.39 is 0 Å². The molecule has 5 aromatic rings. The lowest BCUT2D eigenvalue weighted by Crippen LogP contribution is -1.93. The summed E-state index contributed by atoms with van der Waals surface area (Å²) in [6.07, 6.45) is 5.65. The maximum atomic E-state index is 5.49. The molecule has 5 nitrogen and oxygen atoms in total. The van der Waals surface area contributed by atoms with Crippen LogP contribution in [0, 0.1) is 6.92 Å². The number of nitrogens with zero attached hydrogens (tertiary/aromatic N) is 4. The van der Waals surface area contributed by atoms with Gasteiger partial charge in [0.2, 0.25) is 0 Å². The molecule has 0 N–H and O–H groups in total. The topological polar surface area (TPSA) is 64.7 Å². The van der Waals surface area contributed by atoms with Crippen molar-refractivity contribution in [3.05, 3.63) is 108 Å². The predicted octanol–water partition coefficient (Wildman–Crippen LogP) is 6.70. The minimum Gasteiger partial charge on any atom is -0.334 e. The normalized spacial score (nSPS) is 11.9. The molecule has 0 aliphatic rings. The first-order valence-corrected chi connectivity index (χ1v) is 11.0. The smallest absolute Gasteiger partial charge is 0.260 e. The van der Waals surface area contributed by atoms with E-state index in [1.54, 1.807) is 6.20 Å². The monoisotopic (exact) mass is 432 g/mol. The van der Waals surface area contributed by atoms with Gasteiger partial charge in [0.05, 0.1) is 16.8 Å². The number of hydrogen-bond donors (Lipinski definition) is 0. The number of hydrogen-bond acceptors (Lipinski definition) is 5. The molecular weight excluding hydrogens is 408 g/mol. The Hall–Kier alpha value is -4.12. The number of rotatable bonds is 5. The molecule has 2 aromatic carbocycles. The zero-order chi connectivity index (χ0) is 22.8. The Morgan fingerprint density at radius 1 is 0.909 bits per heavy atom. The molecule has 0 saturated heterocycles. The zero-order valence-electron chi connectivity index (χ0n) is 18.9. The third-order valence-corrected chi connectivity index (χ3v) is 5.60. The molecule has 33 heavy (non-hydrogen) atoms. The molecule has 0 fully saturated rings. The van der Waals surface area contributed by atoms with E-state index in [0.29, 0.717) is 17.6 Å². The zero-order valence-corrected chi connectivity index (χ0v) is 18.9. The summed E-state index contributed by atoms with van der Waals surface area (Å²) in [5.41, 5.74) is 7.11. The highest BCUT2D eigenvalue weighted by Gasteiger charge is 2.15. The molecular formula is C28H24N4O. The van der Waals surface area contributed by atoms with Gasteiger partial charge in [0, 0.05) is 23.3 Å². The van der Waals surface area contributed by atoms with E-state index >= 15 is 0 Å². The van der Waals surface area contributed by atoms with Crippen molar-refractivity contribution in [2.75, 3.05) is 0 Å². The van der Waals surface area contributed by atoms with Gasteiger partial charge in [0.25, 0.3) is 5.89 Å². The third kappa shape index (κ3) is 4.30. The summed E-state index contributed by atoms with van der Waals surface area (Å²) in [7, 11) is 0. The van der Waals surface area contributed by atoms with Crippen LogP contribution in [0.1, 0.15) is 48.3 Å². The fourth-order valence-corrected chi connectivity index (χ4v) is 3.91. The second-order valence-electron chi connectivity index (χ2n) is 8.34. The maximum Gasteiger partial charge on any atom is 0.260 e. The molecule has 0 atom stereocenters. The average Bonchev–Trinajstić information content (AvgIpc) is 3.28. The van der Waals surface area contributed by atoms with Crippen molar-refractivity contribution in [3.63, 3.8) is 0 Å². The van der Waals surface area contributed by atoms with Crippen LogP contribution in [0.4, 0.5) is 0 Å². The molecule has 0 amide bonds. The van der Waals surface area contributed by atoms with E-state index in [9.17, 15) is 0 Å². The molecule has 162 valence electrons. The number of aryl methyl sites for hydroxylation is 1. The molecule has 5 heteroatoms. The lowest BCUT2D eigenvalue weighted by molar-refractivity contribution is 0.403. The first-order chi connectivity index (χ1) is 16.1. The molecule has 3 aromatic heterocycles. The summed E-state index contributed by atoms with van der Waals surface area (Å²) in [5, 5.41) is 5.12. The van der Waals surface area contributed by atoms with Gasteiger partial charge in [-0.3, -0.25) is 9.97 Å². The Morgan fingerprint density at radius 2 is 1.79 bits per heavy atom. The van der Waals surface area contributed by atoms with Crippen molar-refractivity contribution in [1.82, 2.24) is 20.1 Å². The van der Waals surface area contributed by atoms with Crippen molar-refractivity contribution >= 4 is 22.6 Å². The molecule has 0 radical (unpaired) electrons. The van der Waals surface area contributed by atoms with Crippen molar-refractivity contribution in [1.29, 1.82) is 0 Å². The highest BCUT2D eigenvalue weighted by Crippen LogP contribution is 2.33. The second kappa shape index (κ2) is 8.79. The first kappa shape index (κ1) is 20.8. The van der Waals surface area contributed by atoms with Crippen LogP contribution in [0.2, 0.25) is 0 Å². The van der Waals surface area contributed by atoms with Gasteiger partial charge in [-0.1, -0.05) is 49.3 Å². The highest BCUT2D eigenvalue weighted by atomic mass is 16.5. The Morgan fingerprint density at radius 3 is 2.55 bits per heavy atom. The van der Waals surface area contributed by atoms with E-state index in [-0.39, 0.29) is 0 Å². The van der Waals surface area contributed by atoms with Gasteiger partial charge in [0.15, 0.2) is 5.82 Å². The largest absolute Gasteiger partial charge is 0.334 e. The van der Waals surface area contributed by atoms with Crippen LogP contribution in [-0.2, 0) is 0 Å². The van der Waals surface area contributed by atoms with Crippen LogP contribution in [0.25, 0.3) is 33.7 Å². The summed E-state index contributed by atoms with van der Waals surface area (Å²) in [6, 6.07) is 22.8. The Bertz CT molecular complexity index is 1450. The number of benzene rings is 2. The number of aromatic nitrogens is 4. The summed E-state index contributed by atoms with van der Waals surface area (Å²) in [6.45, 7) is 6.24. The minimum atomic E-state index is 0.424. The van der Waals surface area contributed by atoms with Crippen LogP contribution in [0.3, 0.4) is 0 Å². The van der Waals surface area contributed by atoms with Gasteiger partial charge in [0.1, 0.15) is 0 Å². The minimum absolute atomic E-state index is 0.424. The second-order valence-corrected chi connectivity index (χ2v) is 8.34. The Balaban J connectivity index is 1.66. The van der Waals surface area contributed by atoms with Crippen LogP contribution < -0.4 is 0 Å². The summed E-state index contributed by atoms with van der Waals surface area (Å²) in [5.74, 6) is 1.46. The first-order valence-electron chi connectivity index (χ1n) is 11.0. The average molecular weight is 433 g/mol. The van der Waals surface area contributed by atoms with Gasteiger partial charge in [-0.05, 0) is 72.0 Å². The van der Waals surface area contributed by atoms with Crippen LogP contribution in [-0.4, -0.2) is 20.1 Å². The number of pyridine rings is 2. The molecule has 3 heterocycles. The molecule has 0 aliphatic heterocycles. The van der Waals surface area contributed by atoms with E-state index in [1.807, 2.05) is 43.5 Å². The van der Waals surface area contributed by atoms with Gasteiger partial charge in [-0.15, -0.1) is 0 Å². The summed E-state index contributed by atoms with van der Waals surface area (Å²) in [4.78, 5) is 13.6. The molecule has 0 spiro atoms. The van der Waals surface area contributed by atoms with Gasteiger partial charge in [-0.2, -0.15) is 4.98 Å². The van der Waals surface area contributed by atoms with Crippen LogP contribution in [0.15, 0.2) is 83.6 Å². The third-order valence-electron chi connectivity index (χ3n) is 5.60. The van der Waals surface area contributed by atoms with E-state index in [2.05, 4.69) is 76.4 Å². The van der Waals surface area contributed by atoms with Crippen molar-refractivity contribution < 1.29 is 4.52 Å². The quantitative estimate of drug-likeness (QED) is 0.309. The van der Waals surface area contributed by atoms with Crippen molar-refractivity contribution in [3.8, 4) is 11.1 Å². The molecule has 0 saturated carbocycles. The highest BCUT2D eigenvalue weighted by molar-refractivity contribution is 5.95. The summed E-state index contributed by atoms with van der Waals surface area (Å²) >= 11 is 0. The molecule has 0 aliphatic carbocycles. The fourth-order valence-electron chi connectivity index (χ4n) is 3.91. The van der Waals surface area contributed by atoms with Crippen LogP contribution >= 0.6 is 0 Å². The van der Waals surface area contributed by atoms with Gasteiger partial charge < -0.3 is 4.52 Å². The summed E-state index contributed by atoms with van der Waals surface area (Å²) < 4.78 is 5.49. The molecule has 0 bridgehead atoms.